The molecule has 10 heteroatoms. The summed E-state index contributed by atoms with van der Waals surface area (Å²) >= 11 is 5.60. The number of rotatable bonds is 5. The molecule has 0 radical (unpaired) electrons. The van der Waals surface area contributed by atoms with Crippen molar-refractivity contribution < 1.29 is 8.42 Å². The van der Waals surface area contributed by atoms with Crippen molar-refractivity contribution in [1.82, 2.24) is 24.5 Å². The van der Waals surface area contributed by atoms with Gasteiger partial charge >= 0.3 is 0 Å². The number of halogens is 1. The highest BCUT2D eigenvalue weighted by molar-refractivity contribution is 7.89. The van der Waals surface area contributed by atoms with Gasteiger partial charge in [0.2, 0.25) is 10.0 Å². The number of H-pyrrole nitrogens is 1. The first kappa shape index (κ1) is 14.7. The van der Waals surface area contributed by atoms with Crippen LogP contribution < -0.4 is 10.3 Å². The third-order valence-electron chi connectivity index (χ3n) is 2.60. The lowest BCUT2D eigenvalue weighted by Crippen LogP contribution is -2.26. The van der Waals surface area contributed by atoms with Gasteiger partial charge in [-0.05, 0) is 13.0 Å². The molecule has 0 atom stereocenters. The number of aromatic nitrogens is 4. The van der Waals surface area contributed by atoms with Crippen molar-refractivity contribution in [2.45, 2.75) is 24.9 Å². The second-order valence-corrected chi connectivity index (χ2v) is 6.04. The molecule has 0 amide bonds. The minimum absolute atomic E-state index is 0.00702. The van der Waals surface area contributed by atoms with Gasteiger partial charge in [-0.15, -0.1) is 10.2 Å². The van der Waals surface area contributed by atoms with E-state index < -0.39 is 15.6 Å². The van der Waals surface area contributed by atoms with Crippen molar-refractivity contribution in [3.63, 3.8) is 0 Å². The molecular weight excluding hydrogens is 306 g/mol. The molecule has 0 aliphatic rings. The SMILES string of the molecule is CCn1cnnc1CNS(=O)(=O)c1c[nH]c(=O)c(Cl)c1. The second kappa shape index (κ2) is 5.73. The maximum atomic E-state index is 12.0. The molecule has 20 heavy (non-hydrogen) atoms. The Labute approximate surface area is 119 Å². The standard InChI is InChI=1S/C10H12ClN5O3S/c1-2-16-6-13-15-9(16)5-14-20(18,19)7-3-8(11)10(17)12-4-7/h3-4,6,14H,2,5H2,1H3,(H,12,17). The lowest BCUT2D eigenvalue weighted by atomic mass is 10.5. The quantitative estimate of drug-likeness (QED) is 0.814. The Morgan fingerprint density at radius 3 is 2.90 bits per heavy atom. The molecule has 2 heterocycles. The van der Waals surface area contributed by atoms with E-state index in [9.17, 15) is 13.2 Å². The van der Waals surface area contributed by atoms with Crippen LogP contribution in [0.15, 0.2) is 28.3 Å². The van der Waals surface area contributed by atoms with Crippen LogP contribution in [0.3, 0.4) is 0 Å². The Morgan fingerprint density at radius 1 is 1.50 bits per heavy atom. The number of sulfonamides is 1. The minimum Gasteiger partial charge on any atom is -0.326 e. The molecule has 0 aliphatic heterocycles. The van der Waals surface area contributed by atoms with Crippen LogP contribution >= 0.6 is 11.6 Å². The van der Waals surface area contributed by atoms with Gasteiger partial charge < -0.3 is 9.55 Å². The number of pyridine rings is 1. The first-order chi connectivity index (χ1) is 9.44. The summed E-state index contributed by atoms with van der Waals surface area (Å²) in [4.78, 5) is 13.2. The largest absolute Gasteiger partial charge is 0.326 e. The molecule has 2 aromatic heterocycles. The maximum absolute atomic E-state index is 12.0. The van der Waals surface area contributed by atoms with Crippen LogP contribution in [0.5, 0.6) is 0 Å². The average Bonchev–Trinajstić information content (AvgIpc) is 2.87. The van der Waals surface area contributed by atoms with E-state index in [1.165, 1.54) is 6.33 Å². The molecule has 0 saturated heterocycles. The van der Waals surface area contributed by atoms with E-state index in [0.717, 1.165) is 12.3 Å². The van der Waals surface area contributed by atoms with E-state index in [-0.39, 0.29) is 16.5 Å². The van der Waals surface area contributed by atoms with Crippen molar-refractivity contribution in [3.8, 4) is 0 Å². The Morgan fingerprint density at radius 2 is 2.25 bits per heavy atom. The van der Waals surface area contributed by atoms with Crippen LogP contribution in [0.1, 0.15) is 12.7 Å². The topological polar surface area (TPSA) is 110 Å². The number of aromatic amines is 1. The highest BCUT2D eigenvalue weighted by Crippen LogP contribution is 2.10. The zero-order valence-corrected chi connectivity index (χ0v) is 12.1. The predicted octanol–water partition coefficient (Wildman–Crippen LogP) is 0.118. The van der Waals surface area contributed by atoms with Crippen molar-refractivity contribution in [1.29, 1.82) is 0 Å². The van der Waals surface area contributed by atoms with Gasteiger partial charge in [-0.25, -0.2) is 13.1 Å². The molecule has 0 unspecified atom stereocenters. The molecule has 2 N–H and O–H groups in total. The Balaban J connectivity index is 2.19. The molecule has 0 spiro atoms. The third-order valence-corrected chi connectivity index (χ3v) is 4.26. The Kier molecular flexibility index (Phi) is 4.21. The van der Waals surface area contributed by atoms with Gasteiger partial charge in [0.25, 0.3) is 5.56 Å². The Bertz CT molecular complexity index is 767. The van der Waals surface area contributed by atoms with Crippen LogP contribution in [-0.4, -0.2) is 28.2 Å². The monoisotopic (exact) mass is 317 g/mol. The summed E-state index contributed by atoms with van der Waals surface area (Å²) < 4.78 is 28.2. The maximum Gasteiger partial charge on any atom is 0.266 e. The zero-order valence-electron chi connectivity index (χ0n) is 10.5. The smallest absolute Gasteiger partial charge is 0.266 e. The molecule has 2 aromatic rings. The molecule has 2 rings (SSSR count). The lowest BCUT2D eigenvalue weighted by molar-refractivity contribution is 0.574. The Hall–Kier alpha value is -1.71. The van der Waals surface area contributed by atoms with Crippen molar-refractivity contribution in [3.05, 3.63) is 39.8 Å². The molecule has 8 nitrogen and oxygen atoms in total. The van der Waals surface area contributed by atoms with E-state index in [4.69, 9.17) is 11.6 Å². The van der Waals surface area contributed by atoms with E-state index in [0.29, 0.717) is 12.4 Å². The zero-order chi connectivity index (χ0) is 14.8. The summed E-state index contributed by atoms with van der Waals surface area (Å²) in [5, 5.41) is 7.33. The van der Waals surface area contributed by atoms with Gasteiger partial charge in [-0.3, -0.25) is 4.79 Å². The van der Waals surface area contributed by atoms with Crippen LogP contribution in [0.25, 0.3) is 0 Å². The van der Waals surface area contributed by atoms with Crippen LogP contribution in [-0.2, 0) is 23.1 Å². The third kappa shape index (κ3) is 3.06. The number of nitrogens with one attached hydrogen (secondary N) is 2. The normalized spacial score (nSPS) is 11.7. The predicted molar refractivity (Wildman–Crippen MR) is 71.8 cm³/mol. The summed E-state index contributed by atoms with van der Waals surface area (Å²) in [5.74, 6) is 0.492. The number of nitrogens with zero attached hydrogens (tertiary/aromatic N) is 3. The van der Waals surface area contributed by atoms with Crippen molar-refractivity contribution >= 4 is 21.6 Å². The van der Waals surface area contributed by atoms with Gasteiger partial charge in [0.15, 0.2) is 0 Å². The summed E-state index contributed by atoms with van der Waals surface area (Å²) in [6, 6.07) is 1.09. The van der Waals surface area contributed by atoms with Crippen LogP contribution in [0.2, 0.25) is 5.02 Å². The number of hydrogen-bond donors (Lipinski definition) is 2. The first-order valence-electron chi connectivity index (χ1n) is 5.68. The first-order valence-corrected chi connectivity index (χ1v) is 7.54. The van der Waals surface area contributed by atoms with Crippen molar-refractivity contribution in [2.24, 2.45) is 0 Å². The minimum atomic E-state index is -3.79. The highest BCUT2D eigenvalue weighted by atomic mass is 35.5. The fourth-order valence-electron chi connectivity index (χ4n) is 1.52. The lowest BCUT2D eigenvalue weighted by Gasteiger charge is -2.07. The van der Waals surface area contributed by atoms with Crippen LogP contribution in [0, 0.1) is 0 Å². The van der Waals surface area contributed by atoms with E-state index in [2.05, 4.69) is 19.9 Å². The molecule has 0 aromatic carbocycles. The molecule has 0 bridgehead atoms. The molecule has 0 aliphatic carbocycles. The van der Waals surface area contributed by atoms with E-state index in [1.54, 1.807) is 4.57 Å². The summed E-state index contributed by atoms with van der Waals surface area (Å²) in [6.07, 6.45) is 2.60. The van der Waals surface area contributed by atoms with Crippen molar-refractivity contribution in [2.75, 3.05) is 0 Å². The fourth-order valence-corrected chi connectivity index (χ4v) is 2.73. The van der Waals surface area contributed by atoms with Gasteiger partial charge in [0.1, 0.15) is 17.2 Å². The van der Waals surface area contributed by atoms with Gasteiger partial charge in [0, 0.05) is 12.7 Å². The molecule has 0 fully saturated rings. The highest BCUT2D eigenvalue weighted by Gasteiger charge is 2.16. The van der Waals surface area contributed by atoms with E-state index in [1.807, 2.05) is 6.92 Å². The van der Waals surface area contributed by atoms with Gasteiger partial charge in [0.05, 0.1) is 11.4 Å². The van der Waals surface area contributed by atoms with E-state index >= 15 is 0 Å². The number of hydrogen-bond acceptors (Lipinski definition) is 5. The molecule has 108 valence electrons. The molecular formula is C10H12ClN5O3S. The summed E-state index contributed by atoms with van der Waals surface area (Å²) in [6.45, 7) is 2.52. The summed E-state index contributed by atoms with van der Waals surface area (Å²) in [5.41, 5.74) is -0.545. The average molecular weight is 318 g/mol. The van der Waals surface area contributed by atoms with Crippen LogP contribution in [0.4, 0.5) is 0 Å². The number of aryl methyl sites for hydroxylation is 1. The van der Waals surface area contributed by atoms with Gasteiger partial charge in [-0.1, -0.05) is 11.6 Å². The fraction of sp³-hybridized carbons (Fsp3) is 0.300. The second-order valence-electron chi connectivity index (χ2n) is 3.87. The van der Waals surface area contributed by atoms with Gasteiger partial charge in [-0.2, -0.15) is 0 Å². The summed E-state index contributed by atoms with van der Waals surface area (Å²) in [7, 11) is -3.79. The molecule has 0 saturated carbocycles.